The number of likely N-dealkylation sites (tertiary alicyclic amines) is 1. The minimum absolute atomic E-state index is 0.0333. The lowest BCUT2D eigenvalue weighted by molar-refractivity contribution is -0.0179. The van der Waals surface area contributed by atoms with E-state index in [2.05, 4.69) is 42.5 Å². The average Bonchev–Trinajstić information content (AvgIpc) is 3.35. The second kappa shape index (κ2) is 7.67. The molecule has 1 aromatic carbocycles. The molecular formula is C20H23N7O2. The molecule has 1 atom stereocenters. The Hall–Kier alpha value is -3.20. The molecule has 5 rings (SSSR count). The number of carbonyl (C=O) groups excluding carboxylic acids is 1. The number of fused-ring (bicyclic) bond motifs is 1. The number of rotatable bonds is 5. The first kappa shape index (κ1) is 17.9. The molecule has 0 spiro atoms. The van der Waals surface area contributed by atoms with Crippen LogP contribution in [0, 0.1) is 0 Å². The predicted octanol–water partition coefficient (Wildman–Crippen LogP) is 1.31. The molecule has 0 radical (unpaired) electrons. The standard InChI is InChI=1S/C20H23N7O2/c28-20(29-17-12-25(13-17)10-15-4-2-1-3-5-15)22-16-8-9-26(11-16)19-7-6-18-23-21-14-27(18)24-19/h1-7,14,16-17H,8-13H2,(H,22,28). The molecule has 1 amide bonds. The molecule has 9 nitrogen and oxygen atoms in total. The maximum Gasteiger partial charge on any atom is 0.407 e. The summed E-state index contributed by atoms with van der Waals surface area (Å²) in [6, 6.07) is 14.2. The van der Waals surface area contributed by atoms with Gasteiger partial charge in [0, 0.05) is 32.7 Å². The number of carbonyl (C=O) groups is 1. The number of aromatic nitrogens is 4. The van der Waals surface area contributed by atoms with Crippen LogP contribution in [-0.4, -0.2) is 69.1 Å². The zero-order chi connectivity index (χ0) is 19.6. The van der Waals surface area contributed by atoms with Gasteiger partial charge >= 0.3 is 6.09 Å². The fourth-order valence-corrected chi connectivity index (χ4v) is 3.89. The van der Waals surface area contributed by atoms with Gasteiger partial charge in [-0.1, -0.05) is 30.3 Å². The van der Waals surface area contributed by atoms with Crippen LogP contribution < -0.4 is 10.2 Å². The molecule has 2 aliphatic heterocycles. The highest BCUT2D eigenvalue weighted by Gasteiger charge is 2.31. The van der Waals surface area contributed by atoms with Crippen LogP contribution >= 0.6 is 0 Å². The van der Waals surface area contributed by atoms with Crippen LogP contribution in [0.3, 0.4) is 0 Å². The third kappa shape index (κ3) is 4.00. The van der Waals surface area contributed by atoms with E-state index in [1.807, 2.05) is 30.3 Å². The first-order valence-corrected chi connectivity index (χ1v) is 9.88. The fourth-order valence-electron chi connectivity index (χ4n) is 3.89. The van der Waals surface area contributed by atoms with Crippen LogP contribution in [0.25, 0.3) is 5.65 Å². The lowest BCUT2D eigenvalue weighted by Gasteiger charge is -2.38. The van der Waals surface area contributed by atoms with Crippen LogP contribution in [0.5, 0.6) is 0 Å². The Labute approximate surface area is 168 Å². The summed E-state index contributed by atoms with van der Waals surface area (Å²) in [5.41, 5.74) is 1.99. The van der Waals surface area contributed by atoms with Gasteiger partial charge in [-0.2, -0.15) is 4.52 Å². The van der Waals surface area contributed by atoms with Crippen molar-refractivity contribution in [2.75, 3.05) is 31.1 Å². The Morgan fingerprint density at radius 3 is 2.86 bits per heavy atom. The van der Waals surface area contributed by atoms with Crippen LogP contribution in [0.1, 0.15) is 12.0 Å². The van der Waals surface area contributed by atoms with Gasteiger partial charge in [0.2, 0.25) is 0 Å². The molecule has 1 N–H and O–H groups in total. The molecule has 0 aliphatic carbocycles. The first-order chi connectivity index (χ1) is 14.2. The van der Waals surface area contributed by atoms with Gasteiger partial charge in [-0.3, -0.25) is 4.90 Å². The SMILES string of the molecule is O=C(NC1CCN(c2ccc3nncn3n2)C1)OC1CN(Cc2ccccc2)C1. The molecular weight excluding hydrogens is 370 g/mol. The summed E-state index contributed by atoms with van der Waals surface area (Å²) in [5.74, 6) is 0.852. The minimum Gasteiger partial charge on any atom is -0.444 e. The third-order valence-electron chi connectivity index (χ3n) is 5.43. The van der Waals surface area contributed by atoms with E-state index in [1.165, 1.54) is 5.56 Å². The highest BCUT2D eigenvalue weighted by Crippen LogP contribution is 2.19. The summed E-state index contributed by atoms with van der Waals surface area (Å²) in [5, 5.41) is 15.3. The summed E-state index contributed by atoms with van der Waals surface area (Å²) in [6.07, 6.45) is 2.08. The second-order valence-corrected chi connectivity index (χ2v) is 7.61. The van der Waals surface area contributed by atoms with E-state index in [0.717, 1.165) is 38.4 Å². The van der Waals surface area contributed by atoms with E-state index in [4.69, 9.17) is 4.74 Å². The van der Waals surface area contributed by atoms with Crippen LogP contribution in [0.2, 0.25) is 0 Å². The van der Waals surface area contributed by atoms with Crippen molar-refractivity contribution in [3.63, 3.8) is 0 Å². The smallest absolute Gasteiger partial charge is 0.407 e. The normalized spacial score (nSPS) is 20.0. The van der Waals surface area contributed by atoms with Gasteiger partial charge in [0.25, 0.3) is 0 Å². The van der Waals surface area contributed by atoms with Crippen molar-refractivity contribution in [1.29, 1.82) is 0 Å². The van der Waals surface area contributed by atoms with Gasteiger partial charge < -0.3 is 15.0 Å². The highest BCUT2D eigenvalue weighted by molar-refractivity contribution is 5.68. The van der Waals surface area contributed by atoms with Crippen molar-refractivity contribution in [3.05, 3.63) is 54.4 Å². The van der Waals surface area contributed by atoms with E-state index in [1.54, 1.807) is 10.8 Å². The van der Waals surface area contributed by atoms with Gasteiger partial charge in [0.1, 0.15) is 18.2 Å². The number of nitrogens with one attached hydrogen (secondary N) is 1. The molecule has 0 saturated carbocycles. The molecule has 150 valence electrons. The Morgan fingerprint density at radius 2 is 2.00 bits per heavy atom. The highest BCUT2D eigenvalue weighted by atomic mass is 16.6. The lowest BCUT2D eigenvalue weighted by Crippen LogP contribution is -2.53. The second-order valence-electron chi connectivity index (χ2n) is 7.61. The van der Waals surface area contributed by atoms with Crippen molar-refractivity contribution in [3.8, 4) is 0 Å². The molecule has 3 aromatic rings. The van der Waals surface area contributed by atoms with E-state index in [0.29, 0.717) is 12.2 Å². The summed E-state index contributed by atoms with van der Waals surface area (Å²) >= 11 is 0. The van der Waals surface area contributed by atoms with E-state index >= 15 is 0 Å². The summed E-state index contributed by atoms with van der Waals surface area (Å²) in [7, 11) is 0. The van der Waals surface area contributed by atoms with Gasteiger partial charge in [0.05, 0.1) is 6.04 Å². The summed E-state index contributed by atoms with van der Waals surface area (Å²) in [6.45, 7) is 3.99. The monoisotopic (exact) mass is 393 g/mol. The maximum atomic E-state index is 12.2. The third-order valence-corrected chi connectivity index (χ3v) is 5.43. The topological polar surface area (TPSA) is 87.9 Å². The number of amides is 1. The molecule has 2 aliphatic rings. The molecule has 0 bridgehead atoms. The number of ether oxygens (including phenoxy) is 1. The molecule has 29 heavy (non-hydrogen) atoms. The van der Waals surface area contributed by atoms with Gasteiger partial charge in [-0.15, -0.1) is 15.3 Å². The van der Waals surface area contributed by atoms with E-state index < -0.39 is 0 Å². The van der Waals surface area contributed by atoms with E-state index in [9.17, 15) is 4.79 Å². The zero-order valence-electron chi connectivity index (χ0n) is 16.0. The maximum absolute atomic E-state index is 12.2. The first-order valence-electron chi connectivity index (χ1n) is 9.88. The van der Waals surface area contributed by atoms with Crippen LogP contribution in [-0.2, 0) is 11.3 Å². The number of hydrogen-bond donors (Lipinski definition) is 1. The van der Waals surface area contributed by atoms with Gasteiger partial charge in [-0.25, -0.2) is 4.79 Å². The van der Waals surface area contributed by atoms with Gasteiger partial charge in [0.15, 0.2) is 5.65 Å². The number of benzene rings is 1. The quantitative estimate of drug-likeness (QED) is 0.699. The van der Waals surface area contributed by atoms with Crippen molar-refractivity contribution in [2.45, 2.75) is 25.1 Å². The van der Waals surface area contributed by atoms with Crippen LogP contribution in [0.15, 0.2) is 48.8 Å². The number of nitrogens with zero attached hydrogens (tertiary/aromatic N) is 6. The number of hydrogen-bond acceptors (Lipinski definition) is 7. The summed E-state index contributed by atoms with van der Waals surface area (Å²) in [4.78, 5) is 16.7. The van der Waals surface area contributed by atoms with Crippen molar-refractivity contribution < 1.29 is 9.53 Å². The molecule has 2 aromatic heterocycles. The van der Waals surface area contributed by atoms with Crippen molar-refractivity contribution in [1.82, 2.24) is 30.0 Å². The van der Waals surface area contributed by atoms with Crippen molar-refractivity contribution >= 4 is 17.6 Å². The molecule has 9 heteroatoms. The minimum atomic E-state index is -0.330. The van der Waals surface area contributed by atoms with Crippen LogP contribution in [0.4, 0.5) is 10.6 Å². The Kier molecular flexibility index (Phi) is 4.73. The molecule has 2 saturated heterocycles. The lowest BCUT2D eigenvalue weighted by atomic mass is 10.1. The number of anilines is 1. The van der Waals surface area contributed by atoms with Crippen molar-refractivity contribution in [2.24, 2.45) is 0 Å². The Bertz CT molecular complexity index is 987. The predicted molar refractivity (Wildman–Crippen MR) is 107 cm³/mol. The zero-order valence-corrected chi connectivity index (χ0v) is 16.0. The molecule has 1 unspecified atom stereocenters. The largest absolute Gasteiger partial charge is 0.444 e. The Morgan fingerprint density at radius 1 is 1.14 bits per heavy atom. The summed E-state index contributed by atoms with van der Waals surface area (Å²) < 4.78 is 7.21. The van der Waals surface area contributed by atoms with Gasteiger partial charge in [-0.05, 0) is 24.1 Å². The van der Waals surface area contributed by atoms with E-state index in [-0.39, 0.29) is 18.2 Å². The molecule has 2 fully saturated rings. The Balaban J connectivity index is 1.06. The molecule has 4 heterocycles. The fraction of sp³-hybridized carbons (Fsp3) is 0.400. The average molecular weight is 393 g/mol. The number of alkyl carbamates (subject to hydrolysis) is 1.